The normalized spacial score (nSPS) is 29.5. The molecule has 1 saturated heterocycles. The van der Waals surface area contributed by atoms with Gasteiger partial charge in [-0.15, -0.1) is 0 Å². The van der Waals surface area contributed by atoms with Gasteiger partial charge in [-0.05, 0) is 19.3 Å². The summed E-state index contributed by atoms with van der Waals surface area (Å²) < 4.78 is 0. The van der Waals surface area contributed by atoms with Crippen molar-refractivity contribution in [2.24, 2.45) is 5.92 Å². The monoisotopic (exact) mass is 191 g/mol. The Kier molecular flexibility index (Phi) is 6.87. The lowest BCUT2D eigenvalue weighted by Crippen LogP contribution is -3.10. The molecule has 0 aromatic rings. The average molecular weight is 192 g/mol. The van der Waals surface area contributed by atoms with Crippen molar-refractivity contribution in [2.45, 2.75) is 39.0 Å². The maximum atomic E-state index is 2.33. The molecule has 0 spiro atoms. The summed E-state index contributed by atoms with van der Waals surface area (Å²) in [6.45, 7) is 5.13. The minimum absolute atomic E-state index is 0. The zero-order valence-electron chi connectivity index (χ0n) is 8.41. The van der Waals surface area contributed by atoms with Crippen molar-refractivity contribution in [1.82, 2.24) is 0 Å². The van der Waals surface area contributed by atoms with Gasteiger partial charge in [0.1, 0.15) is 0 Å². The van der Waals surface area contributed by atoms with E-state index in [0.717, 1.165) is 5.92 Å². The number of halogens is 1. The molecule has 0 aliphatic carbocycles. The summed E-state index contributed by atoms with van der Waals surface area (Å²) in [7, 11) is 2.33. The largest absolute Gasteiger partial charge is 1.00 e. The third kappa shape index (κ3) is 4.32. The van der Waals surface area contributed by atoms with E-state index >= 15 is 0 Å². The number of rotatable bonds is 3. The van der Waals surface area contributed by atoms with Gasteiger partial charge in [0.2, 0.25) is 0 Å². The van der Waals surface area contributed by atoms with E-state index in [0.29, 0.717) is 0 Å². The van der Waals surface area contributed by atoms with Gasteiger partial charge in [-0.25, -0.2) is 0 Å². The summed E-state index contributed by atoms with van der Waals surface area (Å²) in [4.78, 5) is 1.75. The molecular formula is C10H22ClN. The van der Waals surface area contributed by atoms with Crippen LogP contribution in [0.4, 0.5) is 0 Å². The Morgan fingerprint density at radius 2 is 2.17 bits per heavy atom. The Morgan fingerprint density at radius 1 is 1.42 bits per heavy atom. The molecular weight excluding hydrogens is 170 g/mol. The van der Waals surface area contributed by atoms with Crippen LogP contribution in [0.15, 0.2) is 0 Å². The van der Waals surface area contributed by atoms with E-state index in [2.05, 4.69) is 14.0 Å². The highest BCUT2D eigenvalue weighted by atomic mass is 35.5. The molecule has 1 fully saturated rings. The minimum atomic E-state index is 0. The zero-order chi connectivity index (χ0) is 8.10. The predicted octanol–water partition coefficient (Wildman–Crippen LogP) is -1.89. The number of unbranched alkanes of at least 4 members (excludes halogenated alkanes) is 1. The van der Waals surface area contributed by atoms with Crippen LogP contribution in [0.1, 0.15) is 39.0 Å². The van der Waals surface area contributed by atoms with Gasteiger partial charge in [0.05, 0.1) is 20.1 Å². The van der Waals surface area contributed by atoms with E-state index < -0.39 is 0 Å². The van der Waals surface area contributed by atoms with Crippen molar-refractivity contribution in [3.63, 3.8) is 0 Å². The first kappa shape index (κ1) is 12.2. The molecule has 1 N–H and O–H groups in total. The zero-order valence-corrected chi connectivity index (χ0v) is 9.16. The van der Waals surface area contributed by atoms with Gasteiger partial charge < -0.3 is 17.3 Å². The fraction of sp³-hybridized carbons (Fsp3) is 1.00. The Morgan fingerprint density at radius 3 is 2.75 bits per heavy atom. The van der Waals surface area contributed by atoms with Gasteiger partial charge in [-0.3, -0.25) is 0 Å². The molecule has 0 radical (unpaired) electrons. The first-order valence-electron chi connectivity index (χ1n) is 5.14. The molecule has 12 heavy (non-hydrogen) atoms. The molecule has 0 saturated carbocycles. The number of hydrogen-bond acceptors (Lipinski definition) is 0. The Balaban J connectivity index is 0.00000121. The molecule has 0 aromatic heterocycles. The number of likely N-dealkylation sites (tertiary alicyclic amines) is 1. The van der Waals surface area contributed by atoms with Crippen LogP contribution in [-0.2, 0) is 0 Å². The predicted molar refractivity (Wildman–Crippen MR) is 48.9 cm³/mol. The topological polar surface area (TPSA) is 4.44 Å². The number of nitrogens with one attached hydrogen (secondary N) is 1. The molecule has 2 atom stereocenters. The van der Waals surface area contributed by atoms with Crippen molar-refractivity contribution >= 4 is 0 Å². The van der Waals surface area contributed by atoms with Gasteiger partial charge in [0, 0.05) is 5.92 Å². The van der Waals surface area contributed by atoms with Gasteiger partial charge in [-0.2, -0.15) is 0 Å². The third-order valence-corrected chi connectivity index (χ3v) is 2.82. The van der Waals surface area contributed by atoms with Crippen LogP contribution >= 0.6 is 0 Å². The summed E-state index contributed by atoms with van der Waals surface area (Å²) in [5, 5.41) is 0. The van der Waals surface area contributed by atoms with Crippen LogP contribution < -0.4 is 17.3 Å². The van der Waals surface area contributed by atoms with Crippen molar-refractivity contribution < 1.29 is 17.3 Å². The fourth-order valence-electron chi connectivity index (χ4n) is 2.13. The molecule has 2 heteroatoms. The Bertz CT molecular complexity index is 106. The second kappa shape index (κ2) is 6.73. The molecule has 2 unspecified atom stereocenters. The van der Waals surface area contributed by atoms with Gasteiger partial charge in [0.25, 0.3) is 0 Å². The molecule has 1 aliphatic heterocycles. The van der Waals surface area contributed by atoms with Crippen molar-refractivity contribution in [3.05, 3.63) is 0 Å². The van der Waals surface area contributed by atoms with Gasteiger partial charge in [-0.1, -0.05) is 19.8 Å². The highest BCUT2D eigenvalue weighted by Gasteiger charge is 2.18. The van der Waals surface area contributed by atoms with Crippen molar-refractivity contribution in [1.29, 1.82) is 0 Å². The van der Waals surface area contributed by atoms with Crippen LogP contribution in [0.2, 0.25) is 0 Å². The highest BCUT2D eigenvalue weighted by Crippen LogP contribution is 2.14. The second-order valence-corrected chi connectivity index (χ2v) is 4.06. The van der Waals surface area contributed by atoms with E-state index in [1.165, 1.54) is 45.2 Å². The SMILES string of the molecule is CCCCC1CCC[NH+](C)C1.[Cl-]. The summed E-state index contributed by atoms with van der Waals surface area (Å²) in [6.07, 6.45) is 7.25. The van der Waals surface area contributed by atoms with Gasteiger partial charge in [0.15, 0.2) is 0 Å². The molecule has 1 nitrogen and oxygen atoms in total. The average Bonchev–Trinajstić information content (AvgIpc) is 2.01. The van der Waals surface area contributed by atoms with Crippen molar-refractivity contribution in [2.75, 3.05) is 20.1 Å². The lowest BCUT2D eigenvalue weighted by Gasteiger charge is -2.26. The standard InChI is InChI=1S/C10H21N.ClH/c1-3-4-6-10-7-5-8-11(2)9-10;/h10H,3-9H2,1-2H3;1H. The first-order valence-corrected chi connectivity index (χ1v) is 5.14. The number of quaternary nitrogens is 1. The van der Waals surface area contributed by atoms with Crippen molar-refractivity contribution in [3.8, 4) is 0 Å². The molecule has 1 rings (SSSR count). The molecule has 74 valence electrons. The minimum Gasteiger partial charge on any atom is -1.00 e. The van der Waals surface area contributed by atoms with Gasteiger partial charge >= 0.3 is 0 Å². The molecule has 0 aromatic carbocycles. The third-order valence-electron chi connectivity index (χ3n) is 2.82. The fourth-order valence-corrected chi connectivity index (χ4v) is 2.13. The van der Waals surface area contributed by atoms with E-state index in [4.69, 9.17) is 0 Å². The quantitative estimate of drug-likeness (QED) is 0.532. The van der Waals surface area contributed by atoms with E-state index in [9.17, 15) is 0 Å². The Labute approximate surface area is 82.9 Å². The second-order valence-electron chi connectivity index (χ2n) is 4.06. The van der Waals surface area contributed by atoms with Crippen LogP contribution in [0, 0.1) is 5.92 Å². The molecule has 1 aliphatic rings. The molecule has 0 bridgehead atoms. The molecule has 0 amide bonds. The smallest absolute Gasteiger partial charge is 0.0797 e. The van der Waals surface area contributed by atoms with Crippen LogP contribution in [-0.4, -0.2) is 20.1 Å². The van der Waals surface area contributed by atoms with E-state index in [1.54, 1.807) is 4.90 Å². The summed E-state index contributed by atoms with van der Waals surface area (Å²) in [6, 6.07) is 0. The maximum absolute atomic E-state index is 2.33. The summed E-state index contributed by atoms with van der Waals surface area (Å²) in [5.41, 5.74) is 0. The van der Waals surface area contributed by atoms with Crippen LogP contribution in [0.3, 0.4) is 0 Å². The summed E-state index contributed by atoms with van der Waals surface area (Å²) in [5.74, 6) is 1.05. The maximum Gasteiger partial charge on any atom is 0.0797 e. The van der Waals surface area contributed by atoms with Crippen LogP contribution in [0.25, 0.3) is 0 Å². The van der Waals surface area contributed by atoms with Crippen LogP contribution in [0.5, 0.6) is 0 Å². The van der Waals surface area contributed by atoms with E-state index in [-0.39, 0.29) is 12.4 Å². The first-order chi connectivity index (χ1) is 5.33. The van der Waals surface area contributed by atoms with E-state index in [1.807, 2.05) is 0 Å². The lowest BCUT2D eigenvalue weighted by molar-refractivity contribution is -0.888. The summed E-state index contributed by atoms with van der Waals surface area (Å²) >= 11 is 0. The highest BCUT2D eigenvalue weighted by molar-refractivity contribution is 4.60. The number of piperidine rings is 1. The molecule has 1 heterocycles. The Hall–Kier alpha value is 0.250. The lowest BCUT2D eigenvalue weighted by atomic mass is 9.93. The number of hydrogen-bond donors (Lipinski definition) is 1.